The van der Waals surface area contributed by atoms with Gasteiger partial charge in [-0.25, -0.2) is 4.68 Å². The van der Waals surface area contributed by atoms with Crippen molar-refractivity contribution in [3.63, 3.8) is 0 Å². The van der Waals surface area contributed by atoms with Crippen molar-refractivity contribution in [3.05, 3.63) is 65.7 Å². The first kappa shape index (κ1) is 25.5. The molecule has 0 radical (unpaired) electrons. The highest BCUT2D eigenvalue weighted by atomic mass is 16.5. The minimum Gasteiger partial charge on any atom is -0.439 e. The molecule has 1 heterocycles. The third kappa shape index (κ3) is 6.71. The highest BCUT2D eigenvalue weighted by molar-refractivity contribution is 5.65. The zero-order valence-corrected chi connectivity index (χ0v) is 20.6. The fourth-order valence-electron chi connectivity index (χ4n) is 3.81. The third-order valence-corrected chi connectivity index (χ3v) is 5.89. The van der Waals surface area contributed by atoms with Gasteiger partial charge >= 0.3 is 0 Å². The van der Waals surface area contributed by atoms with E-state index >= 15 is 0 Å². The number of benzene rings is 2. The summed E-state index contributed by atoms with van der Waals surface area (Å²) in [5, 5.41) is 15.4. The molecule has 2 aromatic carbocycles. The van der Waals surface area contributed by atoms with E-state index in [1.807, 2.05) is 49.5 Å². The number of nitrogens with zero attached hydrogens (tertiary/aromatic N) is 3. The van der Waals surface area contributed by atoms with E-state index in [0.717, 1.165) is 29.0 Å². The van der Waals surface area contributed by atoms with Gasteiger partial charge in [-0.1, -0.05) is 60.9 Å². The van der Waals surface area contributed by atoms with Crippen molar-refractivity contribution in [1.29, 1.82) is 0 Å². The van der Waals surface area contributed by atoms with Crippen molar-refractivity contribution in [3.8, 4) is 35.2 Å². The average Bonchev–Trinajstić information content (AvgIpc) is 3.15. The van der Waals surface area contributed by atoms with E-state index in [-0.39, 0.29) is 19.3 Å². The first-order valence-electron chi connectivity index (χ1n) is 11.7. The number of rotatable bonds is 12. The molecule has 6 heteroatoms. The van der Waals surface area contributed by atoms with E-state index < -0.39 is 6.10 Å². The van der Waals surface area contributed by atoms with Crippen molar-refractivity contribution >= 4 is 0 Å². The molecule has 0 bridgehead atoms. The molecule has 0 unspecified atom stereocenters. The highest BCUT2D eigenvalue weighted by Crippen LogP contribution is 2.34. The number of ether oxygens (including phenoxy) is 2. The number of terminal acetylenes is 1. The van der Waals surface area contributed by atoms with Crippen molar-refractivity contribution in [1.82, 2.24) is 14.7 Å². The molecule has 6 nitrogen and oxygen atoms in total. The van der Waals surface area contributed by atoms with E-state index in [0.29, 0.717) is 19.0 Å². The predicted molar refractivity (Wildman–Crippen MR) is 136 cm³/mol. The molecule has 3 rings (SSSR count). The fraction of sp³-hybridized carbons (Fsp3) is 0.393. The van der Waals surface area contributed by atoms with Crippen LogP contribution in [-0.4, -0.2) is 51.7 Å². The summed E-state index contributed by atoms with van der Waals surface area (Å²) in [5.41, 5.74) is 4.04. The molecular formula is C28H35N3O3. The van der Waals surface area contributed by atoms with Gasteiger partial charge in [0.25, 0.3) is 0 Å². The number of aliphatic hydroxyl groups excluding tert-OH is 1. The maximum atomic E-state index is 10.6. The van der Waals surface area contributed by atoms with Gasteiger partial charge in [0.2, 0.25) is 5.88 Å². The van der Waals surface area contributed by atoms with Crippen LogP contribution in [0.1, 0.15) is 31.4 Å². The van der Waals surface area contributed by atoms with Gasteiger partial charge in [0, 0.05) is 31.7 Å². The second-order valence-corrected chi connectivity index (χ2v) is 8.60. The molecular weight excluding hydrogens is 426 g/mol. The quantitative estimate of drug-likeness (QED) is 0.310. The highest BCUT2D eigenvalue weighted by Gasteiger charge is 2.25. The molecule has 180 valence electrons. The molecule has 0 aliphatic carbocycles. The smallest absolute Gasteiger partial charge is 0.222 e. The average molecular weight is 462 g/mol. The Kier molecular flexibility index (Phi) is 9.29. The standard InChI is InChI=1S/C28H35N3O3/c1-6-17-33-20-24(32)18-31(22(4)7-2)19-26-27(23-11-9-8-10-12-23)29-30(5)28(26)34-25-15-13-21(3)14-16-25/h1,8-16,22,24,32H,7,17-20H2,2-5H3/t22-,24+/m1/s1. The Morgan fingerprint density at radius 3 is 2.50 bits per heavy atom. The van der Waals surface area contributed by atoms with Crippen LogP contribution in [0.5, 0.6) is 11.6 Å². The summed E-state index contributed by atoms with van der Waals surface area (Å²) in [6, 6.07) is 18.3. The SMILES string of the molecule is C#CCOC[C@@H](O)CN(Cc1c(-c2ccccc2)nn(C)c1Oc1ccc(C)cc1)[C@H](C)CC. The molecule has 0 aliphatic rings. The van der Waals surface area contributed by atoms with Crippen molar-refractivity contribution in [2.45, 2.75) is 45.9 Å². The number of hydrogen-bond acceptors (Lipinski definition) is 5. The molecule has 0 saturated carbocycles. The Labute approximate surface area is 203 Å². The van der Waals surface area contributed by atoms with Gasteiger partial charge in [-0.15, -0.1) is 6.42 Å². The van der Waals surface area contributed by atoms with Crippen LogP contribution in [0, 0.1) is 19.3 Å². The molecule has 2 atom stereocenters. The van der Waals surface area contributed by atoms with E-state index in [1.165, 1.54) is 5.56 Å². The molecule has 0 aliphatic heterocycles. The van der Waals surface area contributed by atoms with Crippen LogP contribution in [0.25, 0.3) is 11.3 Å². The monoisotopic (exact) mass is 461 g/mol. The minimum absolute atomic E-state index is 0.190. The topological polar surface area (TPSA) is 59.8 Å². The Hall–Kier alpha value is -3.11. The van der Waals surface area contributed by atoms with Crippen molar-refractivity contribution in [2.24, 2.45) is 7.05 Å². The van der Waals surface area contributed by atoms with Gasteiger partial charge in [-0.2, -0.15) is 5.10 Å². The lowest BCUT2D eigenvalue weighted by Gasteiger charge is -2.30. The number of aliphatic hydroxyl groups is 1. The first-order chi connectivity index (χ1) is 16.4. The third-order valence-electron chi connectivity index (χ3n) is 5.89. The first-order valence-corrected chi connectivity index (χ1v) is 11.7. The van der Waals surface area contributed by atoms with Crippen LogP contribution in [0.2, 0.25) is 0 Å². The Bertz CT molecular complexity index is 1070. The lowest BCUT2D eigenvalue weighted by molar-refractivity contribution is 0.0169. The molecule has 34 heavy (non-hydrogen) atoms. The lowest BCUT2D eigenvalue weighted by Crippen LogP contribution is -2.40. The number of aryl methyl sites for hydroxylation is 2. The van der Waals surface area contributed by atoms with E-state index in [4.69, 9.17) is 21.0 Å². The fourth-order valence-corrected chi connectivity index (χ4v) is 3.81. The zero-order valence-electron chi connectivity index (χ0n) is 20.6. The minimum atomic E-state index is -0.652. The number of aromatic nitrogens is 2. The van der Waals surface area contributed by atoms with Gasteiger partial charge in [0.1, 0.15) is 18.1 Å². The number of hydrogen-bond donors (Lipinski definition) is 1. The van der Waals surface area contributed by atoms with Crippen LogP contribution < -0.4 is 4.74 Å². The van der Waals surface area contributed by atoms with Crippen molar-refractivity contribution < 1.29 is 14.6 Å². The Morgan fingerprint density at radius 2 is 1.85 bits per heavy atom. The Morgan fingerprint density at radius 1 is 1.15 bits per heavy atom. The maximum Gasteiger partial charge on any atom is 0.222 e. The lowest BCUT2D eigenvalue weighted by atomic mass is 10.1. The van der Waals surface area contributed by atoms with Gasteiger partial charge in [-0.3, -0.25) is 4.90 Å². The zero-order chi connectivity index (χ0) is 24.5. The summed E-state index contributed by atoms with van der Waals surface area (Å²) in [7, 11) is 1.90. The van der Waals surface area contributed by atoms with Gasteiger partial charge in [0.15, 0.2) is 0 Å². The molecule has 1 aromatic heterocycles. The van der Waals surface area contributed by atoms with Crippen LogP contribution in [-0.2, 0) is 18.3 Å². The molecule has 0 fully saturated rings. The van der Waals surface area contributed by atoms with Crippen LogP contribution in [0.3, 0.4) is 0 Å². The van der Waals surface area contributed by atoms with Gasteiger partial charge < -0.3 is 14.6 Å². The predicted octanol–water partition coefficient (Wildman–Crippen LogP) is 4.80. The van der Waals surface area contributed by atoms with Crippen LogP contribution >= 0.6 is 0 Å². The van der Waals surface area contributed by atoms with E-state index in [1.54, 1.807) is 4.68 Å². The summed E-state index contributed by atoms with van der Waals surface area (Å²) in [6.45, 7) is 7.76. The summed E-state index contributed by atoms with van der Waals surface area (Å²) in [6.07, 6.45) is 5.55. The molecule has 3 aromatic rings. The molecule has 1 N–H and O–H groups in total. The van der Waals surface area contributed by atoms with E-state index in [9.17, 15) is 5.11 Å². The van der Waals surface area contributed by atoms with Gasteiger partial charge in [0.05, 0.1) is 18.3 Å². The summed E-state index contributed by atoms with van der Waals surface area (Å²) in [4.78, 5) is 2.25. The molecule has 0 spiro atoms. The van der Waals surface area contributed by atoms with E-state index in [2.05, 4.69) is 43.7 Å². The van der Waals surface area contributed by atoms with Crippen LogP contribution in [0.4, 0.5) is 0 Å². The second-order valence-electron chi connectivity index (χ2n) is 8.60. The maximum absolute atomic E-state index is 10.6. The van der Waals surface area contributed by atoms with Crippen LogP contribution in [0.15, 0.2) is 54.6 Å². The Balaban J connectivity index is 1.96. The largest absolute Gasteiger partial charge is 0.439 e. The normalized spacial score (nSPS) is 13.0. The molecule has 0 amide bonds. The van der Waals surface area contributed by atoms with Gasteiger partial charge in [-0.05, 0) is 32.4 Å². The summed E-state index contributed by atoms with van der Waals surface area (Å²) in [5.74, 6) is 3.88. The summed E-state index contributed by atoms with van der Waals surface area (Å²) >= 11 is 0. The second kappa shape index (κ2) is 12.4. The summed E-state index contributed by atoms with van der Waals surface area (Å²) < 4.78 is 13.5. The molecule has 0 saturated heterocycles. The van der Waals surface area contributed by atoms with Crippen molar-refractivity contribution in [2.75, 3.05) is 19.8 Å².